The normalized spacial score (nSPS) is 9.65. The summed E-state index contributed by atoms with van der Waals surface area (Å²) in [7, 11) is 0. The van der Waals surface area contributed by atoms with E-state index in [1.165, 1.54) is 0 Å². The number of para-hydroxylation sites is 1. The van der Waals surface area contributed by atoms with Crippen molar-refractivity contribution in [1.29, 1.82) is 0 Å². The second kappa shape index (κ2) is 6.00. The van der Waals surface area contributed by atoms with Crippen molar-refractivity contribution < 1.29 is 4.79 Å². The number of hydrazine groups is 1. The number of amides is 1. The molecule has 0 radical (unpaired) electrons. The van der Waals surface area contributed by atoms with Crippen molar-refractivity contribution in [3.05, 3.63) is 30.0 Å². The summed E-state index contributed by atoms with van der Waals surface area (Å²) < 4.78 is 1.65. The van der Waals surface area contributed by atoms with Crippen LogP contribution in [-0.4, -0.2) is 15.7 Å². The van der Waals surface area contributed by atoms with E-state index in [1.807, 2.05) is 45.0 Å². The van der Waals surface area contributed by atoms with E-state index in [0.717, 1.165) is 16.6 Å². The Balaban J connectivity index is 0.000000686. The molecule has 3 N–H and O–H groups in total. The van der Waals surface area contributed by atoms with Gasteiger partial charge in [-0.05, 0) is 13.0 Å². The maximum absolute atomic E-state index is 11.1. The summed E-state index contributed by atoms with van der Waals surface area (Å²) in [6.07, 6.45) is 0. The molecule has 1 heterocycles. The summed E-state index contributed by atoms with van der Waals surface area (Å²) in [5.41, 5.74) is 3.94. The quantitative estimate of drug-likeness (QED) is 0.468. The zero-order valence-corrected chi connectivity index (χ0v) is 10.4. The van der Waals surface area contributed by atoms with E-state index in [-0.39, 0.29) is 12.5 Å². The van der Waals surface area contributed by atoms with Gasteiger partial charge in [0.2, 0.25) is 0 Å². The minimum absolute atomic E-state index is 0.144. The summed E-state index contributed by atoms with van der Waals surface area (Å²) in [6, 6.07) is 7.78. The Kier molecular flexibility index (Phi) is 4.66. The number of hydrogen-bond acceptors (Lipinski definition) is 3. The summed E-state index contributed by atoms with van der Waals surface area (Å²) in [5, 5.41) is 5.34. The van der Waals surface area contributed by atoms with Gasteiger partial charge in [-0.15, -0.1) is 0 Å². The number of nitrogens with two attached hydrogens (primary N) is 1. The molecule has 17 heavy (non-hydrogen) atoms. The van der Waals surface area contributed by atoms with Crippen molar-refractivity contribution in [3.8, 4) is 0 Å². The van der Waals surface area contributed by atoms with Gasteiger partial charge in [-0.3, -0.25) is 14.9 Å². The number of aromatic nitrogens is 2. The lowest BCUT2D eigenvalue weighted by Crippen LogP contribution is -2.33. The largest absolute Gasteiger partial charge is 0.293 e. The lowest BCUT2D eigenvalue weighted by Gasteiger charge is -2.01. The Morgan fingerprint density at radius 1 is 1.41 bits per heavy atom. The van der Waals surface area contributed by atoms with Crippen LogP contribution in [-0.2, 0) is 11.3 Å². The predicted molar refractivity (Wildman–Crippen MR) is 68.1 cm³/mol. The number of fused-ring (bicyclic) bond motifs is 1. The maximum atomic E-state index is 11.1. The van der Waals surface area contributed by atoms with Crippen molar-refractivity contribution in [3.63, 3.8) is 0 Å². The molecule has 0 aliphatic carbocycles. The molecule has 0 atom stereocenters. The third-order valence-corrected chi connectivity index (χ3v) is 2.30. The van der Waals surface area contributed by atoms with E-state index >= 15 is 0 Å². The predicted octanol–water partition coefficient (Wildman–Crippen LogP) is 1.36. The minimum atomic E-state index is -0.261. The molecule has 2 aromatic rings. The monoisotopic (exact) mass is 234 g/mol. The third-order valence-electron chi connectivity index (χ3n) is 2.30. The molecule has 1 aromatic heterocycles. The van der Waals surface area contributed by atoms with Crippen LogP contribution >= 0.6 is 0 Å². The first-order valence-electron chi connectivity index (χ1n) is 5.64. The summed E-state index contributed by atoms with van der Waals surface area (Å²) in [6.45, 7) is 6.06. The van der Waals surface area contributed by atoms with Gasteiger partial charge >= 0.3 is 0 Å². The van der Waals surface area contributed by atoms with Crippen LogP contribution in [0.2, 0.25) is 0 Å². The molecular weight excluding hydrogens is 216 g/mol. The molecule has 5 nitrogen and oxygen atoms in total. The molecule has 0 aliphatic rings. The molecule has 0 aliphatic heterocycles. The number of rotatable bonds is 2. The smallest absolute Gasteiger partial charge is 0.255 e. The number of nitrogens with one attached hydrogen (secondary N) is 1. The molecule has 0 saturated carbocycles. The fraction of sp³-hybridized carbons (Fsp3) is 0.333. The van der Waals surface area contributed by atoms with Gasteiger partial charge in [0.1, 0.15) is 6.54 Å². The molecule has 2 rings (SSSR count). The van der Waals surface area contributed by atoms with Crippen LogP contribution in [0.4, 0.5) is 0 Å². The minimum Gasteiger partial charge on any atom is -0.293 e. The number of carbonyl (C=O) groups is 1. The van der Waals surface area contributed by atoms with E-state index in [1.54, 1.807) is 4.68 Å². The van der Waals surface area contributed by atoms with E-state index in [9.17, 15) is 4.79 Å². The van der Waals surface area contributed by atoms with Crippen LogP contribution in [0, 0.1) is 6.92 Å². The zero-order valence-electron chi connectivity index (χ0n) is 10.4. The SMILES string of the molecule is CC.Cc1nn(CC(=O)NN)c2ccccc12. The van der Waals surface area contributed by atoms with E-state index < -0.39 is 0 Å². The number of benzene rings is 1. The van der Waals surface area contributed by atoms with Crippen LogP contribution in [0.3, 0.4) is 0 Å². The van der Waals surface area contributed by atoms with Crippen LogP contribution in [0.25, 0.3) is 10.9 Å². The fourth-order valence-electron chi connectivity index (χ4n) is 1.60. The highest BCUT2D eigenvalue weighted by Gasteiger charge is 2.08. The second-order valence-corrected chi connectivity index (χ2v) is 3.33. The van der Waals surface area contributed by atoms with Gasteiger partial charge in [0.25, 0.3) is 5.91 Å². The van der Waals surface area contributed by atoms with Crippen molar-refractivity contribution >= 4 is 16.8 Å². The highest BCUT2D eigenvalue weighted by atomic mass is 16.2. The first-order valence-corrected chi connectivity index (χ1v) is 5.64. The first kappa shape index (κ1) is 13.2. The molecule has 0 saturated heterocycles. The molecule has 1 aromatic carbocycles. The topological polar surface area (TPSA) is 72.9 Å². The summed E-state index contributed by atoms with van der Waals surface area (Å²) in [5.74, 6) is 4.77. The molecule has 0 spiro atoms. The highest BCUT2D eigenvalue weighted by molar-refractivity contribution is 5.83. The molecule has 0 unspecified atom stereocenters. The van der Waals surface area contributed by atoms with E-state index in [2.05, 4.69) is 10.5 Å². The maximum Gasteiger partial charge on any atom is 0.255 e. The Morgan fingerprint density at radius 3 is 2.71 bits per heavy atom. The van der Waals surface area contributed by atoms with Gasteiger partial charge in [-0.1, -0.05) is 32.0 Å². The number of nitrogens with zero attached hydrogens (tertiary/aromatic N) is 2. The molecule has 1 amide bonds. The van der Waals surface area contributed by atoms with Crippen molar-refractivity contribution in [2.24, 2.45) is 5.84 Å². The van der Waals surface area contributed by atoms with Crippen LogP contribution in [0.15, 0.2) is 24.3 Å². The first-order chi connectivity index (χ1) is 8.22. The van der Waals surface area contributed by atoms with Crippen molar-refractivity contribution in [2.75, 3.05) is 0 Å². The number of carbonyl (C=O) groups excluding carboxylic acids is 1. The number of hydrogen-bond donors (Lipinski definition) is 2. The van der Waals surface area contributed by atoms with Crippen molar-refractivity contribution in [2.45, 2.75) is 27.3 Å². The summed E-state index contributed by atoms with van der Waals surface area (Å²) in [4.78, 5) is 11.1. The van der Waals surface area contributed by atoms with Gasteiger partial charge in [0.05, 0.1) is 11.2 Å². The van der Waals surface area contributed by atoms with E-state index in [4.69, 9.17) is 5.84 Å². The van der Waals surface area contributed by atoms with Crippen LogP contribution < -0.4 is 11.3 Å². The average molecular weight is 234 g/mol. The molecule has 0 bridgehead atoms. The van der Waals surface area contributed by atoms with E-state index in [0.29, 0.717) is 0 Å². The highest BCUT2D eigenvalue weighted by Crippen LogP contribution is 2.16. The molecule has 92 valence electrons. The Morgan fingerprint density at radius 2 is 2.06 bits per heavy atom. The Bertz CT molecular complexity index is 504. The van der Waals surface area contributed by atoms with Crippen molar-refractivity contribution in [1.82, 2.24) is 15.2 Å². The van der Waals surface area contributed by atoms with Crippen LogP contribution in [0.5, 0.6) is 0 Å². The van der Waals surface area contributed by atoms with Gasteiger partial charge < -0.3 is 0 Å². The summed E-state index contributed by atoms with van der Waals surface area (Å²) >= 11 is 0. The zero-order chi connectivity index (χ0) is 12.8. The fourth-order valence-corrected chi connectivity index (χ4v) is 1.60. The Hall–Kier alpha value is -1.88. The average Bonchev–Trinajstić information content (AvgIpc) is 2.69. The lowest BCUT2D eigenvalue weighted by atomic mass is 10.2. The molecular formula is C12H18N4O. The van der Waals surface area contributed by atoms with Gasteiger partial charge in [0, 0.05) is 5.39 Å². The van der Waals surface area contributed by atoms with Crippen LogP contribution in [0.1, 0.15) is 19.5 Å². The number of aryl methyl sites for hydroxylation is 1. The standard InChI is InChI=1S/C10H12N4O.C2H6/c1-7-8-4-2-3-5-9(8)14(13-7)6-10(15)12-11;1-2/h2-5H,6,11H2,1H3,(H,12,15);1-2H3. The Labute approximate surface area is 101 Å². The second-order valence-electron chi connectivity index (χ2n) is 3.33. The lowest BCUT2D eigenvalue weighted by molar-refractivity contribution is -0.121. The molecule has 5 heteroatoms. The van der Waals surface area contributed by atoms with Gasteiger partial charge in [-0.2, -0.15) is 5.10 Å². The van der Waals surface area contributed by atoms with Gasteiger partial charge in [0.15, 0.2) is 0 Å². The third kappa shape index (κ3) is 2.82. The van der Waals surface area contributed by atoms with Gasteiger partial charge in [-0.25, -0.2) is 5.84 Å². The molecule has 0 fully saturated rings.